The first-order valence-electron chi connectivity index (χ1n) is 13.1. The van der Waals surface area contributed by atoms with Crippen molar-refractivity contribution in [1.29, 1.82) is 0 Å². The van der Waals surface area contributed by atoms with Crippen LogP contribution >= 0.6 is 0 Å². The van der Waals surface area contributed by atoms with Crippen LogP contribution in [0.5, 0.6) is 0 Å². The summed E-state index contributed by atoms with van der Waals surface area (Å²) in [6.07, 6.45) is -14.6. The Bertz CT molecular complexity index is 1070. The molecule has 43 heavy (non-hydrogen) atoms. The molecule has 0 unspecified atom stereocenters. The second-order valence-electron chi connectivity index (χ2n) is 9.64. The van der Waals surface area contributed by atoms with Gasteiger partial charge in [0.15, 0.2) is 30.7 Å². The Balaban J connectivity index is 2.61. The molecule has 17 heteroatoms. The first-order valence-corrected chi connectivity index (χ1v) is 13.1. The van der Waals surface area contributed by atoms with Crippen molar-refractivity contribution >= 4 is 41.8 Å². The van der Waals surface area contributed by atoms with Gasteiger partial charge in [-0.15, -0.1) is 0 Å². The molecule has 2 rings (SSSR count). The predicted molar refractivity (Wildman–Crippen MR) is 134 cm³/mol. The van der Waals surface area contributed by atoms with Crippen LogP contribution in [0.15, 0.2) is 0 Å². The second kappa shape index (κ2) is 15.6. The van der Waals surface area contributed by atoms with Crippen LogP contribution < -0.4 is 0 Å². The van der Waals surface area contributed by atoms with Gasteiger partial charge < -0.3 is 47.4 Å². The largest absolute Gasteiger partial charge is 0.463 e. The van der Waals surface area contributed by atoms with Crippen LogP contribution in [0.2, 0.25) is 0 Å². The van der Waals surface area contributed by atoms with Gasteiger partial charge in [-0.3, -0.25) is 33.6 Å². The Labute approximate surface area is 246 Å². The van der Waals surface area contributed by atoms with Gasteiger partial charge in [-0.05, 0) is 6.92 Å². The number of hydrogen-bond donors (Lipinski definition) is 0. The molecule has 2 aliphatic heterocycles. The molecule has 0 amide bonds. The Kier molecular flexibility index (Phi) is 12.8. The maximum Gasteiger partial charge on any atom is 0.305 e. The van der Waals surface area contributed by atoms with Crippen molar-refractivity contribution in [2.45, 2.75) is 117 Å². The number of hydrogen-bond acceptors (Lipinski definition) is 17. The van der Waals surface area contributed by atoms with E-state index in [1.807, 2.05) is 0 Å². The summed E-state index contributed by atoms with van der Waals surface area (Å²) in [5.41, 5.74) is 0. The first-order chi connectivity index (χ1) is 20.0. The minimum atomic E-state index is -1.68. The topological polar surface area (TPSA) is 212 Å². The summed E-state index contributed by atoms with van der Waals surface area (Å²) in [6, 6.07) is 0. The second-order valence-corrected chi connectivity index (χ2v) is 9.64. The smallest absolute Gasteiger partial charge is 0.305 e. The average Bonchev–Trinajstić information content (AvgIpc) is 2.84. The lowest BCUT2D eigenvalue weighted by Gasteiger charge is -2.48. The minimum absolute atomic E-state index is 0.521. The van der Waals surface area contributed by atoms with Crippen molar-refractivity contribution in [1.82, 2.24) is 0 Å². The molecule has 10 atom stereocenters. The van der Waals surface area contributed by atoms with E-state index in [2.05, 4.69) is 0 Å². The quantitative estimate of drug-likeness (QED) is 0.225. The fraction of sp³-hybridized carbons (Fsp3) is 0.731. The third kappa shape index (κ3) is 10.4. The van der Waals surface area contributed by atoms with Crippen LogP contribution in [0.25, 0.3) is 0 Å². The predicted octanol–water partition coefficient (Wildman–Crippen LogP) is -0.374. The summed E-state index contributed by atoms with van der Waals surface area (Å²) in [5, 5.41) is 0. The fourth-order valence-corrected chi connectivity index (χ4v) is 4.51. The number of carbonyl (C=O) groups is 7. The minimum Gasteiger partial charge on any atom is -0.463 e. The van der Waals surface area contributed by atoms with E-state index < -0.39 is 110 Å². The highest BCUT2D eigenvalue weighted by Crippen LogP contribution is 2.35. The SMILES string of the molecule is CC(=O)OC[C@H]1O[C@@H](O[C@@H]2[C@@H](OC(C)=O)[C@H](OC(C)=O)[C@@H](OC(C)=O)O[C@H]2C)[C@H](OC(C)=O)[C@@H](OC(C)=O)[C@@H]1OC(C)=O. The zero-order valence-electron chi connectivity index (χ0n) is 24.9. The van der Waals surface area contributed by atoms with Gasteiger partial charge in [0.1, 0.15) is 18.8 Å². The number of ether oxygens (including phenoxy) is 10. The van der Waals surface area contributed by atoms with Crippen molar-refractivity contribution in [3.8, 4) is 0 Å². The molecule has 0 bridgehead atoms. The molecule has 0 aromatic rings. The molecular formula is C26H36O17. The molecule has 17 nitrogen and oxygen atoms in total. The fourth-order valence-electron chi connectivity index (χ4n) is 4.51. The molecule has 2 aliphatic rings. The molecule has 0 spiro atoms. The molecule has 0 aromatic carbocycles. The van der Waals surface area contributed by atoms with Gasteiger partial charge in [-0.25, -0.2) is 0 Å². The van der Waals surface area contributed by atoms with E-state index in [1.165, 1.54) is 6.92 Å². The third-order valence-corrected chi connectivity index (χ3v) is 5.85. The summed E-state index contributed by atoms with van der Waals surface area (Å²) in [4.78, 5) is 83.6. The van der Waals surface area contributed by atoms with E-state index in [4.69, 9.17) is 47.4 Å². The molecule has 0 N–H and O–H groups in total. The summed E-state index contributed by atoms with van der Waals surface area (Å²) in [5.74, 6) is -5.77. The normalized spacial score (nSPS) is 31.9. The van der Waals surface area contributed by atoms with E-state index in [-0.39, 0.29) is 0 Å². The Morgan fingerprint density at radius 3 is 1.30 bits per heavy atom. The molecule has 242 valence electrons. The van der Waals surface area contributed by atoms with E-state index in [1.54, 1.807) is 0 Å². The van der Waals surface area contributed by atoms with Gasteiger partial charge in [0.25, 0.3) is 0 Å². The lowest BCUT2D eigenvalue weighted by molar-refractivity contribution is -0.354. The van der Waals surface area contributed by atoms with E-state index in [9.17, 15) is 33.6 Å². The highest BCUT2D eigenvalue weighted by atomic mass is 16.8. The van der Waals surface area contributed by atoms with E-state index in [0.717, 1.165) is 48.5 Å². The van der Waals surface area contributed by atoms with Gasteiger partial charge in [0.2, 0.25) is 12.4 Å². The van der Waals surface area contributed by atoms with Crippen LogP contribution in [0.3, 0.4) is 0 Å². The van der Waals surface area contributed by atoms with Crippen LogP contribution in [-0.2, 0) is 80.9 Å². The van der Waals surface area contributed by atoms with Gasteiger partial charge in [0, 0.05) is 48.5 Å². The van der Waals surface area contributed by atoms with Crippen molar-refractivity contribution in [2.75, 3.05) is 6.61 Å². The van der Waals surface area contributed by atoms with E-state index >= 15 is 0 Å². The summed E-state index contributed by atoms with van der Waals surface area (Å²) < 4.78 is 54.8. The van der Waals surface area contributed by atoms with Crippen molar-refractivity contribution in [3.63, 3.8) is 0 Å². The summed E-state index contributed by atoms with van der Waals surface area (Å²) in [6.45, 7) is 8.41. The molecule has 2 fully saturated rings. The molecule has 2 saturated heterocycles. The maximum atomic E-state index is 12.1. The molecule has 0 aromatic heterocycles. The van der Waals surface area contributed by atoms with E-state index in [0.29, 0.717) is 0 Å². The maximum absolute atomic E-state index is 12.1. The number of carbonyl (C=O) groups excluding carboxylic acids is 7. The van der Waals surface area contributed by atoms with Crippen LogP contribution in [0.4, 0.5) is 0 Å². The average molecular weight is 621 g/mol. The summed E-state index contributed by atoms with van der Waals surface area (Å²) in [7, 11) is 0. The number of rotatable bonds is 10. The van der Waals surface area contributed by atoms with Gasteiger partial charge in [-0.2, -0.15) is 0 Å². The Morgan fingerprint density at radius 1 is 0.465 bits per heavy atom. The first kappa shape index (κ1) is 35.4. The third-order valence-electron chi connectivity index (χ3n) is 5.85. The Morgan fingerprint density at radius 2 is 0.860 bits per heavy atom. The zero-order chi connectivity index (χ0) is 32.6. The van der Waals surface area contributed by atoms with Gasteiger partial charge >= 0.3 is 41.8 Å². The monoisotopic (exact) mass is 620 g/mol. The van der Waals surface area contributed by atoms with Crippen LogP contribution in [-0.4, -0.2) is 110 Å². The van der Waals surface area contributed by atoms with Crippen molar-refractivity contribution < 1.29 is 80.9 Å². The molecule has 2 heterocycles. The van der Waals surface area contributed by atoms with Crippen LogP contribution in [0.1, 0.15) is 55.4 Å². The molecular weight excluding hydrogens is 584 g/mol. The highest BCUT2D eigenvalue weighted by molar-refractivity contribution is 5.69. The van der Waals surface area contributed by atoms with Crippen molar-refractivity contribution in [3.05, 3.63) is 0 Å². The molecule has 0 radical (unpaired) electrons. The zero-order valence-corrected chi connectivity index (χ0v) is 24.9. The van der Waals surface area contributed by atoms with Gasteiger partial charge in [0.05, 0.1) is 6.10 Å². The standard InChI is InChI=1S/C26H36O17/c1-10-19(21(37-13(4)29)23(39-15(6)31)25(35-10)41-17(8)33)43-26-24(40-16(7)32)22(38-14(5)30)20(36-12(3)28)18(42-26)9-34-11(2)27/h10,18-26H,9H2,1-8H3/t10-,18+,19-,20+,21+,22-,23-,24+,25+,26-/m0/s1. The molecule has 0 saturated carbocycles. The lowest BCUT2D eigenvalue weighted by Crippen LogP contribution is -2.66. The van der Waals surface area contributed by atoms with Crippen LogP contribution in [0, 0.1) is 0 Å². The summed E-state index contributed by atoms with van der Waals surface area (Å²) >= 11 is 0. The lowest BCUT2D eigenvalue weighted by atomic mass is 9.96. The Hall–Kier alpha value is -3.83. The highest BCUT2D eigenvalue weighted by Gasteiger charge is 2.57. The number of esters is 7. The van der Waals surface area contributed by atoms with Crippen molar-refractivity contribution in [2.24, 2.45) is 0 Å². The molecule has 0 aliphatic carbocycles. The van der Waals surface area contributed by atoms with Gasteiger partial charge in [-0.1, -0.05) is 0 Å².